The number of hydrogen-bond donors (Lipinski definition) is 1. The molecule has 0 unspecified atom stereocenters. The average molecular weight is 427 g/mol. The Bertz CT molecular complexity index is 927. The van der Waals surface area contributed by atoms with Gasteiger partial charge in [0.15, 0.2) is 0 Å². The summed E-state index contributed by atoms with van der Waals surface area (Å²) < 4.78 is 0.453. The Hall–Kier alpha value is -2.48. The second kappa shape index (κ2) is 9.82. The number of carbonyl (C=O) groups excluding carboxylic acids is 2. The van der Waals surface area contributed by atoms with Crippen LogP contribution in [0.15, 0.2) is 59.5 Å². The number of aliphatic hydroxyl groups is 1. The number of aryl methyl sites for hydroxylation is 1. The minimum atomic E-state index is -0.179. The molecule has 150 valence electrons. The lowest BCUT2D eigenvalue weighted by Crippen LogP contribution is -2.37. The summed E-state index contributed by atoms with van der Waals surface area (Å²) in [5, 5.41) is 9.31. The van der Waals surface area contributed by atoms with E-state index in [4.69, 9.17) is 12.2 Å². The van der Waals surface area contributed by atoms with Crippen LogP contribution in [0.1, 0.15) is 17.5 Å². The van der Waals surface area contributed by atoms with E-state index in [-0.39, 0.29) is 37.9 Å². The Kier molecular flexibility index (Phi) is 7.19. The zero-order valence-electron chi connectivity index (χ0n) is 16.1. The van der Waals surface area contributed by atoms with Crippen molar-refractivity contribution in [3.05, 3.63) is 70.6 Å². The molecule has 2 aromatic rings. The van der Waals surface area contributed by atoms with Crippen LogP contribution in [0.2, 0.25) is 0 Å². The van der Waals surface area contributed by atoms with E-state index in [2.05, 4.69) is 0 Å². The van der Waals surface area contributed by atoms with Gasteiger partial charge in [-0.3, -0.25) is 14.5 Å². The minimum absolute atomic E-state index is 0.124. The number of benzene rings is 2. The standard InChI is InChI=1S/C22H22N2O3S2/c1-16-7-9-17(10-8-16)15-19-21(27)24(22(28)29-19)12-11-20(26)23(13-14-25)18-5-3-2-4-6-18/h2-10,15,25H,11-14H2,1H3/b19-15-. The van der Waals surface area contributed by atoms with E-state index in [0.717, 1.165) is 16.8 Å². The van der Waals surface area contributed by atoms with Crippen molar-refractivity contribution in [3.8, 4) is 0 Å². The second-order valence-electron chi connectivity index (χ2n) is 6.60. The van der Waals surface area contributed by atoms with Crippen molar-refractivity contribution in [1.82, 2.24) is 4.90 Å². The highest BCUT2D eigenvalue weighted by atomic mass is 32.2. The normalized spacial score (nSPS) is 15.2. The van der Waals surface area contributed by atoms with Crippen LogP contribution in [0, 0.1) is 6.92 Å². The number of anilines is 1. The first-order valence-electron chi connectivity index (χ1n) is 9.28. The topological polar surface area (TPSA) is 60.9 Å². The quantitative estimate of drug-likeness (QED) is 0.541. The molecular formula is C22H22N2O3S2. The molecule has 1 aliphatic heterocycles. The van der Waals surface area contributed by atoms with E-state index in [1.807, 2.05) is 67.6 Å². The summed E-state index contributed by atoms with van der Waals surface area (Å²) in [6.45, 7) is 2.29. The Morgan fingerprint density at radius 1 is 1.17 bits per heavy atom. The molecule has 7 heteroatoms. The number of rotatable bonds is 7. The highest BCUT2D eigenvalue weighted by molar-refractivity contribution is 8.26. The summed E-state index contributed by atoms with van der Waals surface area (Å²) in [5.74, 6) is -0.344. The van der Waals surface area contributed by atoms with E-state index in [1.54, 1.807) is 0 Å². The number of thiocarbonyl (C=S) groups is 1. The number of amides is 2. The molecule has 1 aliphatic rings. The molecule has 0 spiro atoms. The Morgan fingerprint density at radius 3 is 2.52 bits per heavy atom. The molecule has 1 fully saturated rings. The van der Waals surface area contributed by atoms with E-state index in [1.165, 1.54) is 21.6 Å². The lowest BCUT2D eigenvalue weighted by atomic mass is 10.1. The van der Waals surface area contributed by atoms with E-state index in [0.29, 0.717) is 9.23 Å². The van der Waals surface area contributed by atoms with Crippen LogP contribution in [-0.4, -0.2) is 45.8 Å². The summed E-state index contributed by atoms with van der Waals surface area (Å²) in [6.07, 6.45) is 1.95. The van der Waals surface area contributed by atoms with Gasteiger partial charge in [-0.2, -0.15) is 0 Å². The lowest BCUT2D eigenvalue weighted by Gasteiger charge is -2.23. The summed E-state index contributed by atoms with van der Waals surface area (Å²) >= 11 is 6.61. The Balaban J connectivity index is 1.66. The molecular weight excluding hydrogens is 404 g/mol. The smallest absolute Gasteiger partial charge is 0.266 e. The number of aliphatic hydroxyl groups excluding tert-OH is 1. The van der Waals surface area contributed by atoms with Gasteiger partial charge in [-0.15, -0.1) is 0 Å². The third-order valence-electron chi connectivity index (χ3n) is 4.49. The zero-order valence-corrected chi connectivity index (χ0v) is 17.7. The van der Waals surface area contributed by atoms with E-state index >= 15 is 0 Å². The maximum absolute atomic E-state index is 12.7. The Morgan fingerprint density at radius 2 is 1.86 bits per heavy atom. The van der Waals surface area contributed by atoms with Gasteiger partial charge in [0.25, 0.3) is 5.91 Å². The van der Waals surface area contributed by atoms with Gasteiger partial charge in [0.2, 0.25) is 5.91 Å². The maximum atomic E-state index is 12.7. The fourth-order valence-electron chi connectivity index (χ4n) is 2.95. The predicted molar refractivity (Wildman–Crippen MR) is 122 cm³/mol. The maximum Gasteiger partial charge on any atom is 0.266 e. The van der Waals surface area contributed by atoms with Gasteiger partial charge >= 0.3 is 0 Å². The number of hydrogen-bond acceptors (Lipinski definition) is 5. The van der Waals surface area contributed by atoms with Crippen molar-refractivity contribution in [2.75, 3.05) is 24.6 Å². The van der Waals surface area contributed by atoms with Gasteiger partial charge in [-0.1, -0.05) is 72.0 Å². The lowest BCUT2D eigenvalue weighted by molar-refractivity contribution is -0.123. The van der Waals surface area contributed by atoms with Crippen LogP contribution >= 0.6 is 24.0 Å². The van der Waals surface area contributed by atoms with Gasteiger partial charge in [-0.05, 0) is 30.7 Å². The van der Waals surface area contributed by atoms with E-state index < -0.39 is 0 Å². The first-order chi connectivity index (χ1) is 14.0. The summed E-state index contributed by atoms with van der Waals surface area (Å²) in [6, 6.07) is 17.1. The minimum Gasteiger partial charge on any atom is -0.395 e. The number of para-hydroxylation sites is 1. The first-order valence-corrected chi connectivity index (χ1v) is 10.5. The molecule has 0 saturated carbocycles. The highest BCUT2D eigenvalue weighted by Crippen LogP contribution is 2.32. The molecule has 2 amide bonds. The molecule has 3 rings (SSSR count). The predicted octanol–water partition coefficient (Wildman–Crippen LogP) is 3.61. The number of thioether (sulfide) groups is 1. The summed E-state index contributed by atoms with van der Waals surface area (Å²) in [4.78, 5) is 29.0. The molecule has 0 atom stereocenters. The van der Waals surface area contributed by atoms with Gasteiger partial charge in [0.05, 0.1) is 11.5 Å². The van der Waals surface area contributed by atoms with Crippen molar-refractivity contribution in [1.29, 1.82) is 0 Å². The molecule has 5 nitrogen and oxygen atoms in total. The Labute approximate surface area is 180 Å². The van der Waals surface area contributed by atoms with Crippen LogP contribution in [0.5, 0.6) is 0 Å². The van der Waals surface area contributed by atoms with Gasteiger partial charge < -0.3 is 10.0 Å². The van der Waals surface area contributed by atoms with Crippen LogP contribution in [0.4, 0.5) is 5.69 Å². The monoisotopic (exact) mass is 426 g/mol. The highest BCUT2D eigenvalue weighted by Gasteiger charge is 2.32. The van der Waals surface area contributed by atoms with Gasteiger partial charge in [-0.25, -0.2) is 0 Å². The van der Waals surface area contributed by atoms with E-state index in [9.17, 15) is 14.7 Å². The zero-order chi connectivity index (χ0) is 20.8. The van der Waals surface area contributed by atoms with Crippen LogP contribution in [0.25, 0.3) is 6.08 Å². The molecule has 0 bridgehead atoms. The first kappa shape index (κ1) is 21.2. The van der Waals surface area contributed by atoms with Crippen LogP contribution in [-0.2, 0) is 9.59 Å². The molecule has 1 N–H and O–H groups in total. The molecule has 29 heavy (non-hydrogen) atoms. The largest absolute Gasteiger partial charge is 0.395 e. The van der Waals surface area contributed by atoms with Crippen molar-refractivity contribution in [2.24, 2.45) is 0 Å². The third kappa shape index (κ3) is 5.32. The SMILES string of the molecule is Cc1ccc(/C=C2\SC(=S)N(CCC(=O)N(CCO)c3ccccc3)C2=O)cc1. The van der Waals surface area contributed by atoms with Crippen molar-refractivity contribution in [2.45, 2.75) is 13.3 Å². The number of carbonyl (C=O) groups is 2. The molecule has 2 aromatic carbocycles. The molecule has 1 saturated heterocycles. The number of nitrogens with zero attached hydrogens (tertiary/aromatic N) is 2. The summed E-state index contributed by atoms with van der Waals surface area (Å²) in [7, 11) is 0. The molecule has 0 aromatic heterocycles. The van der Waals surface area contributed by atoms with Gasteiger partial charge in [0, 0.05) is 25.2 Å². The van der Waals surface area contributed by atoms with Gasteiger partial charge in [0.1, 0.15) is 4.32 Å². The molecule has 0 radical (unpaired) electrons. The molecule has 1 heterocycles. The molecule has 0 aliphatic carbocycles. The van der Waals surface area contributed by atoms with Crippen molar-refractivity contribution < 1.29 is 14.7 Å². The second-order valence-corrected chi connectivity index (χ2v) is 8.27. The average Bonchev–Trinajstić information content (AvgIpc) is 2.99. The third-order valence-corrected chi connectivity index (χ3v) is 5.87. The summed E-state index contributed by atoms with van der Waals surface area (Å²) in [5.41, 5.74) is 2.81. The van der Waals surface area contributed by atoms with Crippen LogP contribution < -0.4 is 4.90 Å². The fraction of sp³-hybridized carbons (Fsp3) is 0.227. The van der Waals surface area contributed by atoms with Crippen molar-refractivity contribution >= 4 is 51.9 Å². The fourth-order valence-corrected chi connectivity index (χ4v) is 4.26. The van der Waals surface area contributed by atoms with Crippen LogP contribution in [0.3, 0.4) is 0 Å². The van der Waals surface area contributed by atoms with Crippen molar-refractivity contribution in [3.63, 3.8) is 0 Å².